The first-order chi connectivity index (χ1) is 11.7. The molecule has 0 saturated carbocycles. The Balaban J connectivity index is 1.72. The largest absolute Gasteiger partial charge is 0.353 e. The molecule has 0 radical (unpaired) electrons. The monoisotopic (exact) mass is 325 g/mol. The van der Waals surface area contributed by atoms with Crippen LogP contribution in [0, 0.1) is 6.92 Å². The number of rotatable bonds is 4. The molecule has 0 atom stereocenters. The van der Waals surface area contributed by atoms with Gasteiger partial charge >= 0.3 is 0 Å². The number of carbonyl (C=O) groups excluding carboxylic acids is 1. The second-order valence-electron chi connectivity index (χ2n) is 5.85. The summed E-state index contributed by atoms with van der Waals surface area (Å²) in [6.45, 7) is 7.90. The Bertz CT molecular complexity index is 710. The van der Waals surface area contributed by atoms with Crippen LogP contribution in [0.3, 0.4) is 0 Å². The van der Waals surface area contributed by atoms with E-state index in [0.29, 0.717) is 12.1 Å². The molecule has 0 spiro atoms. The van der Waals surface area contributed by atoms with Gasteiger partial charge in [-0.3, -0.25) is 4.79 Å². The summed E-state index contributed by atoms with van der Waals surface area (Å²) >= 11 is 0. The van der Waals surface area contributed by atoms with Gasteiger partial charge in [0, 0.05) is 44.6 Å². The Kier molecular flexibility index (Phi) is 4.93. The molecule has 2 aromatic heterocycles. The lowest BCUT2D eigenvalue weighted by molar-refractivity contribution is 0.0956. The zero-order valence-corrected chi connectivity index (χ0v) is 14.2. The number of hydrogen-bond donors (Lipinski definition) is 1. The van der Waals surface area contributed by atoms with Crippen molar-refractivity contribution in [1.29, 1.82) is 0 Å². The molecular weight excluding hydrogens is 302 g/mol. The minimum Gasteiger partial charge on any atom is -0.353 e. The average Bonchev–Trinajstić information content (AvgIpc) is 2.62. The topological polar surface area (TPSA) is 61.4 Å². The van der Waals surface area contributed by atoms with E-state index >= 15 is 0 Å². The van der Waals surface area contributed by atoms with Crippen LogP contribution in [-0.2, 0) is 0 Å². The third-order valence-corrected chi connectivity index (χ3v) is 4.15. The Hall–Kier alpha value is -2.63. The number of nitrogens with one attached hydrogen (secondary N) is 1. The summed E-state index contributed by atoms with van der Waals surface area (Å²) in [7, 11) is 0. The van der Waals surface area contributed by atoms with Gasteiger partial charge in [-0.05, 0) is 38.1 Å². The third-order valence-electron chi connectivity index (χ3n) is 4.15. The quantitative estimate of drug-likeness (QED) is 0.930. The van der Waals surface area contributed by atoms with Gasteiger partial charge in [-0.1, -0.05) is 6.07 Å². The SMILES string of the molecule is CCNC(=O)c1cccnc1N1CCN(c2cccc(C)n2)CC1. The van der Waals surface area contributed by atoms with E-state index in [9.17, 15) is 4.79 Å². The van der Waals surface area contributed by atoms with Crippen LogP contribution in [0.15, 0.2) is 36.5 Å². The summed E-state index contributed by atoms with van der Waals surface area (Å²) in [4.78, 5) is 25.7. The fraction of sp³-hybridized carbons (Fsp3) is 0.389. The molecule has 1 N–H and O–H groups in total. The zero-order valence-electron chi connectivity index (χ0n) is 14.2. The number of piperazine rings is 1. The van der Waals surface area contributed by atoms with E-state index in [0.717, 1.165) is 43.5 Å². The molecule has 2 aromatic rings. The van der Waals surface area contributed by atoms with E-state index in [1.54, 1.807) is 12.3 Å². The van der Waals surface area contributed by atoms with Crippen molar-refractivity contribution in [1.82, 2.24) is 15.3 Å². The predicted octanol–water partition coefficient (Wildman–Crippen LogP) is 1.86. The second kappa shape index (κ2) is 7.29. The highest BCUT2D eigenvalue weighted by Gasteiger charge is 2.23. The number of nitrogens with zero attached hydrogens (tertiary/aromatic N) is 4. The van der Waals surface area contributed by atoms with E-state index in [1.807, 2.05) is 38.1 Å². The molecule has 0 aliphatic carbocycles. The number of aryl methyl sites for hydroxylation is 1. The zero-order chi connectivity index (χ0) is 16.9. The third kappa shape index (κ3) is 3.48. The summed E-state index contributed by atoms with van der Waals surface area (Å²) in [5, 5.41) is 2.86. The van der Waals surface area contributed by atoms with Crippen LogP contribution in [0.25, 0.3) is 0 Å². The number of pyridine rings is 2. The number of amides is 1. The van der Waals surface area contributed by atoms with Crippen molar-refractivity contribution in [2.75, 3.05) is 42.5 Å². The lowest BCUT2D eigenvalue weighted by Crippen LogP contribution is -2.47. The molecule has 24 heavy (non-hydrogen) atoms. The van der Waals surface area contributed by atoms with Crippen molar-refractivity contribution in [2.24, 2.45) is 0 Å². The molecule has 0 bridgehead atoms. The number of aromatic nitrogens is 2. The highest BCUT2D eigenvalue weighted by molar-refractivity contribution is 5.98. The summed E-state index contributed by atoms with van der Waals surface area (Å²) < 4.78 is 0. The maximum atomic E-state index is 12.2. The smallest absolute Gasteiger partial charge is 0.255 e. The molecule has 3 rings (SSSR count). The Labute approximate surface area is 142 Å². The van der Waals surface area contributed by atoms with Crippen molar-refractivity contribution < 1.29 is 4.79 Å². The van der Waals surface area contributed by atoms with Crippen molar-refractivity contribution in [3.63, 3.8) is 0 Å². The van der Waals surface area contributed by atoms with Crippen molar-refractivity contribution in [3.8, 4) is 0 Å². The normalized spacial score (nSPS) is 14.6. The average molecular weight is 325 g/mol. The molecule has 6 nitrogen and oxygen atoms in total. The van der Waals surface area contributed by atoms with E-state index in [4.69, 9.17) is 0 Å². The molecule has 1 saturated heterocycles. The molecule has 0 unspecified atom stereocenters. The van der Waals surface area contributed by atoms with Crippen LogP contribution in [0.2, 0.25) is 0 Å². The molecule has 3 heterocycles. The van der Waals surface area contributed by atoms with Crippen LogP contribution in [0.1, 0.15) is 23.0 Å². The first-order valence-corrected chi connectivity index (χ1v) is 8.36. The van der Waals surface area contributed by atoms with Crippen molar-refractivity contribution >= 4 is 17.5 Å². The highest BCUT2D eigenvalue weighted by atomic mass is 16.1. The molecule has 1 fully saturated rings. The molecular formula is C18H23N5O. The lowest BCUT2D eigenvalue weighted by atomic mass is 10.2. The van der Waals surface area contributed by atoms with E-state index in [2.05, 4.69) is 25.1 Å². The molecule has 0 aromatic carbocycles. The second-order valence-corrected chi connectivity index (χ2v) is 5.85. The van der Waals surface area contributed by atoms with Crippen LogP contribution >= 0.6 is 0 Å². The number of hydrogen-bond acceptors (Lipinski definition) is 5. The van der Waals surface area contributed by atoms with E-state index < -0.39 is 0 Å². The number of carbonyl (C=O) groups is 1. The standard InChI is InChI=1S/C18H23N5O/c1-3-19-18(24)15-7-5-9-20-17(15)23-12-10-22(11-13-23)16-8-4-6-14(2)21-16/h4-9H,3,10-13H2,1-2H3,(H,19,24). The van der Waals surface area contributed by atoms with Gasteiger partial charge in [0.25, 0.3) is 5.91 Å². The van der Waals surface area contributed by atoms with E-state index in [1.165, 1.54) is 0 Å². The number of anilines is 2. The van der Waals surface area contributed by atoms with Crippen molar-refractivity contribution in [3.05, 3.63) is 47.8 Å². The van der Waals surface area contributed by atoms with Crippen LogP contribution in [0.4, 0.5) is 11.6 Å². The highest BCUT2D eigenvalue weighted by Crippen LogP contribution is 2.21. The first-order valence-electron chi connectivity index (χ1n) is 8.36. The van der Waals surface area contributed by atoms with Gasteiger partial charge in [-0.25, -0.2) is 9.97 Å². The lowest BCUT2D eigenvalue weighted by Gasteiger charge is -2.36. The van der Waals surface area contributed by atoms with Gasteiger partial charge < -0.3 is 15.1 Å². The summed E-state index contributed by atoms with van der Waals surface area (Å²) in [6, 6.07) is 9.73. The minimum absolute atomic E-state index is 0.0663. The van der Waals surface area contributed by atoms with E-state index in [-0.39, 0.29) is 5.91 Å². The van der Waals surface area contributed by atoms with Gasteiger partial charge in [0.15, 0.2) is 0 Å². The van der Waals surface area contributed by atoms with Crippen LogP contribution in [0.5, 0.6) is 0 Å². The maximum Gasteiger partial charge on any atom is 0.255 e. The Morgan fingerprint density at radius 2 is 1.88 bits per heavy atom. The van der Waals surface area contributed by atoms with Gasteiger partial charge in [0.2, 0.25) is 0 Å². The van der Waals surface area contributed by atoms with Gasteiger partial charge in [-0.2, -0.15) is 0 Å². The van der Waals surface area contributed by atoms with Crippen LogP contribution in [-0.4, -0.2) is 48.6 Å². The predicted molar refractivity (Wildman–Crippen MR) is 95.6 cm³/mol. The molecule has 1 aliphatic heterocycles. The van der Waals surface area contributed by atoms with Crippen LogP contribution < -0.4 is 15.1 Å². The minimum atomic E-state index is -0.0663. The summed E-state index contributed by atoms with van der Waals surface area (Å²) in [5.41, 5.74) is 1.67. The van der Waals surface area contributed by atoms with Gasteiger partial charge in [0.05, 0.1) is 5.56 Å². The molecule has 1 amide bonds. The fourth-order valence-electron chi connectivity index (χ4n) is 2.93. The molecule has 1 aliphatic rings. The maximum absolute atomic E-state index is 12.2. The summed E-state index contributed by atoms with van der Waals surface area (Å²) in [6.07, 6.45) is 1.74. The molecule has 126 valence electrons. The van der Waals surface area contributed by atoms with Crippen molar-refractivity contribution in [2.45, 2.75) is 13.8 Å². The fourth-order valence-corrected chi connectivity index (χ4v) is 2.93. The summed E-state index contributed by atoms with van der Waals surface area (Å²) in [5.74, 6) is 1.71. The Morgan fingerprint density at radius 3 is 2.58 bits per heavy atom. The molecule has 6 heteroatoms. The van der Waals surface area contributed by atoms with Gasteiger partial charge in [0.1, 0.15) is 11.6 Å². The first kappa shape index (κ1) is 16.2. The Morgan fingerprint density at radius 1 is 1.12 bits per heavy atom. The van der Waals surface area contributed by atoms with Gasteiger partial charge in [-0.15, -0.1) is 0 Å².